The van der Waals surface area contributed by atoms with Gasteiger partial charge < -0.3 is 0 Å². The number of benzene rings is 2. The summed E-state index contributed by atoms with van der Waals surface area (Å²) >= 11 is 2.41. The summed E-state index contributed by atoms with van der Waals surface area (Å²) in [5.74, 6) is 5.75. The monoisotopic (exact) mass is 380 g/mol. The average molecular weight is 380 g/mol. The van der Waals surface area contributed by atoms with Gasteiger partial charge in [-0.3, -0.25) is 11.3 Å². The van der Waals surface area contributed by atoms with Crippen molar-refractivity contribution in [3.63, 3.8) is 0 Å². The van der Waals surface area contributed by atoms with E-state index in [0.29, 0.717) is 0 Å². The smallest absolute Gasteiger partial charge is 0.0470 e. The Labute approximate surface area is 134 Å². The van der Waals surface area contributed by atoms with Gasteiger partial charge in [0, 0.05) is 9.61 Å². The van der Waals surface area contributed by atoms with Crippen molar-refractivity contribution < 1.29 is 0 Å². The Morgan fingerprint density at radius 2 is 1.85 bits per heavy atom. The highest BCUT2D eigenvalue weighted by atomic mass is 127. The molecule has 3 N–H and O–H groups in total. The zero-order valence-corrected chi connectivity index (χ0v) is 13.9. The average Bonchev–Trinajstić information content (AvgIpc) is 2.48. The molecule has 2 aromatic rings. The second-order valence-electron chi connectivity index (χ2n) is 5.08. The summed E-state index contributed by atoms with van der Waals surface area (Å²) in [6.07, 6.45) is 3.27. The van der Waals surface area contributed by atoms with E-state index in [1.807, 2.05) is 0 Å². The summed E-state index contributed by atoms with van der Waals surface area (Å²) in [5.41, 5.74) is 6.98. The summed E-state index contributed by atoms with van der Waals surface area (Å²) in [6.45, 7) is 2.14. The first-order chi connectivity index (χ1) is 9.72. The molecule has 2 rings (SSSR count). The Bertz CT molecular complexity index is 540. The summed E-state index contributed by atoms with van der Waals surface area (Å²) < 4.78 is 1.31. The molecule has 0 aliphatic heterocycles. The highest BCUT2D eigenvalue weighted by Gasteiger charge is 2.13. The standard InChI is InChI=1S/C17H21IN2/c1-13-7-5-11-15(17(13)18)16(20-19)12-6-10-14-8-3-2-4-9-14/h2-5,7-9,11,16,20H,6,10,12,19H2,1H3. The molecule has 0 aromatic heterocycles. The quantitative estimate of drug-likeness (QED) is 0.449. The van der Waals surface area contributed by atoms with Crippen LogP contribution in [0.1, 0.15) is 35.6 Å². The van der Waals surface area contributed by atoms with Gasteiger partial charge in [-0.25, -0.2) is 0 Å². The van der Waals surface area contributed by atoms with E-state index in [2.05, 4.69) is 83.5 Å². The third-order valence-electron chi connectivity index (χ3n) is 3.60. The van der Waals surface area contributed by atoms with E-state index in [1.54, 1.807) is 0 Å². The van der Waals surface area contributed by atoms with Gasteiger partial charge in [0.2, 0.25) is 0 Å². The maximum Gasteiger partial charge on any atom is 0.0470 e. The zero-order valence-electron chi connectivity index (χ0n) is 11.8. The molecule has 0 fully saturated rings. The van der Waals surface area contributed by atoms with E-state index in [-0.39, 0.29) is 6.04 Å². The van der Waals surface area contributed by atoms with E-state index in [1.165, 1.54) is 20.3 Å². The molecule has 0 aliphatic carbocycles. The van der Waals surface area contributed by atoms with E-state index in [9.17, 15) is 0 Å². The lowest BCUT2D eigenvalue weighted by atomic mass is 9.98. The fraction of sp³-hybridized carbons (Fsp3) is 0.294. The highest BCUT2D eigenvalue weighted by Crippen LogP contribution is 2.26. The molecule has 0 amide bonds. The Morgan fingerprint density at radius 3 is 2.55 bits per heavy atom. The van der Waals surface area contributed by atoms with Crippen molar-refractivity contribution in [2.75, 3.05) is 0 Å². The second-order valence-corrected chi connectivity index (χ2v) is 6.15. The van der Waals surface area contributed by atoms with Crippen LogP contribution in [0.25, 0.3) is 0 Å². The van der Waals surface area contributed by atoms with Crippen molar-refractivity contribution in [2.45, 2.75) is 32.2 Å². The number of hydrazine groups is 1. The van der Waals surface area contributed by atoms with Crippen molar-refractivity contribution in [2.24, 2.45) is 5.84 Å². The molecule has 0 radical (unpaired) electrons. The lowest BCUT2D eigenvalue weighted by Crippen LogP contribution is -2.28. The van der Waals surface area contributed by atoms with Gasteiger partial charge in [-0.1, -0.05) is 48.5 Å². The van der Waals surface area contributed by atoms with Gasteiger partial charge in [0.05, 0.1) is 0 Å². The number of nitrogens with one attached hydrogen (secondary N) is 1. The van der Waals surface area contributed by atoms with Gasteiger partial charge in [-0.2, -0.15) is 0 Å². The van der Waals surface area contributed by atoms with Crippen LogP contribution >= 0.6 is 22.6 Å². The summed E-state index contributed by atoms with van der Waals surface area (Å²) in [5, 5.41) is 0. The van der Waals surface area contributed by atoms with Crippen molar-refractivity contribution in [1.29, 1.82) is 0 Å². The minimum atomic E-state index is 0.227. The number of nitrogens with two attached hydrogens (primary N) is 1. The topological polar surface area (TPSA) is 38.0 Å². The van der Waals surface area contributed by atoms with Crippen LogP contribution in [0, 0.1) is 10.5 Å². The Balaban J connectivity index is 1.97. The Morgan fingerprint density at radius 1 is 1.10 bits per heavy atom. The number of rotatable bonds is 6. The first-order valence-electron chi connectivity index (χ1n) is 6.97. The molecule has 2 aromatic carbocycles. The maximum absolute atomic E-state index is 5.75. The lowest BCUT2D eigenvalue weighted by molar-refractivity contribution is 0.496. The van der Waals surface area contributed by atoms with Crippen LogP contribution in [0.4, 0.5) is 0 Å². The predicted octanol–water partition coefficient (Wildman–Crippen LogP) is 4.13. The molecular weight excluding hydrogens is 359 g/mol. The minimum Gasteiger partial charge on any atom is -0.271 e. The molecule has 106 valence electrons. The van der Waals surface area contributed by atoms with Gasteiger partial charge in [-0.15, -0.1) is 0 Å². The van der Waals surface area contributed by atoms with Gasteiger partial charge in [0.1, 0.15) is 0 Å². The van der Waals surface area contributed by atoms with Crippen molar-refractivity contribution in [1.82, 2.24) is 5.43 Å². The van der Waals surface area contributed by atoms with Gasteiger partial charge in [0.15, 0.2) is 0 Å². The molecular formula is C17H21IN2. The van der Waals surface area contributed by atoms with Crippen molar-refractivity contribution >= 4 is 22.6 Å². The Hall–Kier alpha value is -0.910. The van der Waals surface area contributed by atoms with E-state index in [4.69, 9.17) is 5.84 Å². The minimum absolute atomic E-state index is 0.227. The molecule has 1 atom stereocenters. The van der Waals surface area contributed by atoms with Gasteiger partial charge in [-0.05, 0) is 65.5 Å². The van der Waals surface area contributed by atoms with Gasteiger partial charge >= 0.3 is 0 Å². The number of hydrogen-bond donors (Lipinski definition) is 2. The lowest BCUT2D eigenvalue weighted by Gasteiger charge is -2.19. The largest absolute Gasteiger partial charge is 0.271 e. The van der Waals surface area contributed by atoms with Gasteiger partial charge in [0.25, 0.3) is 0 Å². The first-order valence-corrected chi connectivity index (χ1v) is 8.05. The normalized spacial score (nSPS) is 12.3. The molecule has 2 nitrogen and oxygen atoms in total. The molecule has 3 heteroatoms. The number of hydrogen-bond acceptors (Lipinski definition) is 2. The molecule has 0 aliphatic rings. The molecule has 0 bridgehead atoms. The third-order valence-corrected chi connectivity index (χ3v) is 5.07. The van der Waals surface area contributed by atoms with Crippen LogP contribution in [0.15, 0.2) is 48.5 Å². The molecule has 0 spiro atoms. The first kappa shape index (κ1) is 15.5. The van der Waals surface area contributed by atoms with Crippen LogP contribution < -0.4 is 11.3 Å². The van der Waals surface area contributed by atoms with E-state index in [0.717, 1.165) is 19.3 Å². The zero-order chi connectivity index (χ0) is 14.4. The van der Waals surface area contributed by atoms with Crippen molar-refractivity contribution in [3.8, 4) is 0 Å². The maximum atomic E-state index is 5.75. The third kappa shape index (κ3) is 4.04. The van der Waals surface area contributed by atoms with E-state index < -0.39 is 0 Å². The number of aryl methyl sites for hydroxylation is 2. The second kappa shape index (κ2) is 7.76. The van der Waals surface area contributed by atoms with Crippen LogP contribution in [0.2, 0.25) is 0 Å². The molecule has 1 unspecified atom stereocenters. The van der Waals surface area contributed by atoms with Crippen molar-refractivity contribution in [3.05, 3.63) is 68.8 Å². The Kier molecular flexibility index (Phi) is 6.01. The SMILES string of the molecule is Cc1cccc(C(CCCc2ccccc2)NN)c1I. The molecule has 0 heterocycles. The summed E-state index contributed by atoms with van der Waals surface area (Å²) in [7, 11) is 0. The summed E-state index contributed by atoms with van der Waals surface area (Å²) in [6, 6.07) is 17.3. The van der Waals surface area contributed by atoms with E-state index >= 15 is 0 Å². The molecule has 20 heavy (non-hydrogen) atoms. The summed E-state index contributed by atoms with van der Waals surface area (Å²) in [4.78, 5) is 0. The van der Waals surface area contributed by atoms with Crippen LogP contribution in [0.5, 0.6) is 0 Å². The fourth-order valence-electron chi connectivity index (χ4n) is 2.42. The molecule has 0 saturated carbocycles. The van der Waals surface area contributed by atoms with Crippen LogP contribution in [-0.4, -0.2) is 0 Å². The predicted molar refractivity (Wildman–Crippen MR) is 93.3 cm³/mol. The van der Waals surface area contributed by atoms with Crippen LogP contribution in [-0.2, 0) is 6.42 Å². The number of halogens is 1. The molecule has 0 saturated heterocycles. The fourth-order valence-corrected chi connectivity index (χ4v) is 3.16. The highest BCUT2D eigenvalue weighted by molar-refractivity contribution is 14.1. The van der Waals surface area contributed by atoms with Crippen LogP contribution in [0.3, 0.4) is 0 Å².